The molecule has 0 saturated heterocycles. The highest BCUT2D eigenvalue weighted by Crippen LogP contribution is 2.43. The number of fused-ring (bicyclic) bond motifs is 11. The van der Waals surface area contributed by atoms with E-state index >= 15 is 0 Å². The van der Waals surface area contributed by atoms with E-state index < -0.39 is 0 Å². The summed E-state index contributed by atoms with van der Waals surface area (Å²) < 4.78 is 4.89. The van der Waals surface area contributed by atoms with Gasteiger partial charge in [0.25, 0.3) is 0 Å². The van der Waals surface area contributed by atoms with Crippen molar-refractivity contribution < 1.29 is 0 Å². The van der Waals surface area contributed by atoms with Gasteiger partial charge in [-0.2, -0.15) is 0 Å². The van der Waals surface area contributed by atoms with E-state index in [4.69, 9.17) is 0 Å². The highest BCUT2D eigenvalue weighted by molar-refractivity contribution is 6.31. The predicted molar refractivity (Wildman–Crippen MR) is 153 cm³/mol. The van der Waals surface area contributed by atoms with Crippen molar-refractivity contribution in [3.05, 3.63) is 121 Å². The molecule has 6 aromatic carbocycles. The minimum atomic E-state index is 1.20. The fourth-order valence-electron chi connectivity index (χ4n) is 6.57. The summed E-state index contributed by atoms with van der Waals surface area (Å²) in [6, 6.07) is 44.4. The van der Waals surface area contributed by atoms with E-state index in [0.29, 0.717) is 0 Å². The van der Waals surface area contributed by atoms with Gasteiger partial charge in [-0.3, -0.25) is 0 Å². The lowest BCUT2D eigenvalue weighted by Crippen LogP contribution is -1.93. The molecule has 2 heteroatoms. The quantitative estimate of drug-likeness (QED) is 0.233. The molecule has 0 bridgehead atoms. The maximum atomic E-state index is 2.47. The molecule has 0 unspecified atom stereocenters. The Kier molecular flexibility index (Phi) is 3.31. The number of rotatable bonds is 1. The van der Waals surface area contributed by atoms with Crippen LogP contribution in [-0.4, -0.2) is 8.97 Å². The van der Waals surface area contributed by atoms with E-state index in [1.807, 2.05) is 0 Å². The molecule has 9 aromatic rings. The number of benzene rings is 6. The molecule has 0 spiro atoms. The fraction of sp³-hybridized carbons (Fsp3) is 0. The van der Waals surface area contributed by atoms with Gasteiger partial charge in [0.1, 0.15) is 0 Å². The van der Waals surface area contributed by atoms with E-state index in [0.717, 1.165) is 0 Å². The van der Waals surface area contributed by atoms with Crippen molar-refractivity contribution >= 4 is 70.7 Å². The van der Waals surface area contributed by atoms with E-state index in [1.54, 1.807) is 0 Å². The van der Waals surface area contributed by atoms with Crippen LogP contribution in [0.5, 0.6) is 0 Å². The first kappa shape index (κ1) is 18.5. The van der Waals surface area contributed by atoms with E-state index in [-0.39, 0.29) is 0 Å². The van der Waals surface area contributed by atoms with Gasteiger partial charge < -0.3 is 8.97 Å². The lowest BCUT2D eigenvalue weighted by Gasteiger charge is -2.09. The highest BCUT2D eigenvalue weighted by Gasteiger charge is 2.20. The van der Waals surface area contributed by atoms with Crippen LogP contribution >= 0.6 is 0 Å². The van der Waals surface area contributed by atoms with Crippen molar-refractivity contribution in [3.63, 3.8) is 0 Å². The molecular weight excluding hydrogens is 436 g/mol. The summed E-state index contributed by atoms with van der Waals surface area (Å²) in [6.45, 7) is 0. The van der Waals surface area contributed by atoms with Gasteiger partial charge in [0.2, 0.25) is 0 Å². The zero-order chi connectivity index (χ0) is 23.4. The number of para-hydroxylation sites is 3. The van der Waals surface area contributed by atoms with E-state index in [2.05, 4.69) is 130 Å². The summed E-state index contributed by atoms with van der Waals surface area (Å²) in [7, 11) is 0. The lowest BCUT2D eigenvalue weighted by molar-refractivity contribution is 1.18. The second-order valence-electron chi connectivity index (χ2n) is 9.79. The highest BCUT2D eigenvalue weighted by atomic mass is 15.0. The van der Waals surface area contributed by atoms with Crippen molar-refractivity contribution in [3.8, 4) is 5.69 Å². The van der Waals surface area contributed by atoms with Crippen LogP contribution in [0.25, 0.3) is 76.4 Å². The number of nitrogens with zero attached hydrogens (tertiary/aromatic N) is 2. The summed E-state index contributed by atoms with van der Waals surface area (Å²) in [4.78, 5) is 0. The Balaban J connectivity index is 1.51. The fourth-order valence-corrected chi connectivity index (χ4v) is 6.57. The molecule has 166 valence electrons. The van der Waals surface area contributed by atoms with Gasteiger partial charge in [0.15, 0.2) is 0 Å². The molecular formula is C34H20N2. The topological polar surface area (TPSA) is 9.34 Å². The Morgan fingerprint density at radius 2 is 0.944 bits per heavy atom. The SMILES string of the molecule is c1ccc2c(c1)cc1c3ccccc3n3c4ccc(-n5c6ccccc6c6ccccc65)cc4c2c13. The average Bonchev–Trinajstić information content (AvgIpc) is 3.57. The van der Waals surface area contributed by atoms with Gasteiger partial charge in [-0.25, -0.2) is 0 Å². The van der Waals surface area contributed by atoms with Crippen LogP contribution < -0.4 is 0 Å². The molecule has 0 aliphatic carbocycles. The van der Waals surface area contributed by atoms with Crippen LogP contribution in [0.2, 0.25) is 0 Å². The largest absolute Gasteiger partial charge is 0.309 e. The Morgan fingerprint density at radius 3 is 1.67 bits per heavy atom. The van der Waals surface area contributed by atoms with Gasteiger partial charge in [-0.1, -0.05) is 78.9 Å². The van der Waals surface area contributed by atoms with Crippen molar-refractivity contribution in [1.82, 2.24) is 8.97 Å². The second kappa shape index (κ2) is 6.44. The Morgan fingerprint density at radius 1 is 0.389 bits per heavy atom. The second-order valence-corrected chi connectivity index (χ2v) is 9.79. The van der Waals surface area contributed by atoms with Crippen molar-refractivity contribution in [2.24, 2.45) is 0 Å². The van der Waals surface area contributed by atoms with Crippen molar-refractivity contribution in [2.45, 2.75) is 0 Å². The van der Waals surface area contributed by atoms with Gasteiger partial charge >= 0.3 is 0 Å². The molecule has 3 heterocycles. The van der Waals surface area contributed by atoms with Gasteiger partial charge in [0, 0.05) is 38.0 Å². The summed E-state index contributed by atoms with van der Waals surface area (Å²) in [5.41, 5.74) is 7.53. The molecule has 0 fully saturated rings. The average molecular weight is 457 g/mol. The van der Waals surface area contributed by atoms with Crippen LogP contribution in [0, 0.1) is 0 Å². The molecule has 0 N–H and O–H groups in total. The molecule has 0 radical (unpaired) electrons. The lowest BCUT2D eigenvalue weighted by atomic mass is 10.00. The third-order valence-electron chi connectivity index (χ3n) is 8.01. The molecule has 9 rings (SSSR count). The van der Waals surface area contributed by atoms with Gasteiger partial charge in [-0.15, -0.1) is 0 Å². The number of aromatic nitrogens is 2. The van der Waals surface area contributed by atoms with Crippen LogP contribution in [0.15, 0.2) is 121 Å². The first-order chi connectivity index (χ1) is 17.9. The summed E-state index contributed by atoms with van der Waals surface area (Å²) in [5.74, 6) is 0. The van der Waals surface area contributed by atoms with Crippen molar-refractivity contribution in [2.75, 3.05) is 0 Å². The molecule has 2 nitrogen and oxygen atoms in total. The monoisotopic (exact) mass is 456 g/mol. The molecule has 0 saturated carbocycles. The molecule has 0 amide bonds. The zero-order valence-electron chi connectivity index (χ0n) is 19.4. The van der Waals surface area contributed by atoms with Crippen LogP contribution in [-0.2, 0) is 0 Å². The first-order valence-electron chi connectivity index (χ1n) is 12.5. The molecule has 0 aliphatic heterocycles. The summed E-state index contributed by atoms with van der Waals surface area (Å²) >= 11 is 0. The van der Waals surface area contributed by atoms with Crippen LogP contribution in [0.3, 0.4) is 0 Å². The Hall–Kier alpha value is -4.82. The number of hydrogen-bond donors (Lipinski definition) is 0. The van der Waals surface area contributed by atoms with Gasteiger partial charge in [-0.05, 0) is 53.2 Å². The Bertz CT molecular complexity index is 2260. The molecule has 0 atom stereocenters. The predicted octanol–water partition coefficient (Wildman–Crippen LogP) is 9.09. The maximum Gasteiger partial charge on any atom is 0.0626 e. The normalized spacial score (nSPS) is 12.4. The zero-order valence-corrected chi connectivity index (χ0v) is 19.4. The third-order valence-corrected chi connectivity index (χ3v) is 8.01. The van der Waals surface area contributed by atoms with Gasteiger partial charge in [0.05, 0.1) is 27.6 Å². The third kappa shape index (κ3) is 2.14. The Labute approximate surface area is 206 Å². The van der Waals surface area contributed by atoms with E-state index in [1.165, 1.54) is 76.4 Å². The van der Waals surface area contributed by atoms with Crippen LogP contribution in [0.1, 0.15) is 0 Å². The summed E-state index contributed by atoms with van der Waals surface area (Å²) in [5, 5.41) is 10.5. The summed E-state index contributed by atoms with van der Waals surface area (Å²) in [6.07, 6.45) is 0. The molecule has 36 heavy (non-hydrogen) atoms. The minimum Gasteiger partial charge on any atom is -0.309 e. The number of hydrogen-bond acceptors (Lipinski definition) is 0. The molecule has 3 aromatic heterocycles. The standard InChI is InChI=1S/C34H20N2/c1-2-10-23-21(9-1)19-27-26-13-5-8-16-31(26)36-32-18-17-22(20-28(32)33(23)34(27)36)35-29-14-6-3-11-24(29)25-12-4-7-15-30(25)35/h1-20H. The maximum absolute atomic E-state index is 2.47. The van der Waals surface area contributed by atoms with Crippen LogP contribution in [0.4, 0.5) is 0 Å². The van der Waals surface area contributed by atoms with Crippen molar-refractivity contribution in [1.29, 1.82) is 0 Å². The van der Waals surface area contributed by atoms with E-state index in [9.17, 15) is 0 Å². The smallest absolute Gasteiger partial charge is 0.0626 e. The molecule has 0 aliphatic rings. The minimum absolute atomic E-state index is 1.20. The first-order valence-corrected chi connectivity index (χ1v) is 12.5.